The van der Waals surface area contributed by atoms with E-state index in [4.69, 9.17) is 16.7 Å². The standard InChI is InChI=1S/C11H11ClN2O5/c1-11(2,10(16)17)13-9(15)6-4-3-5-7(12)8(6)14(18)19/h3-5H,1-2H3,(H,13,15)(H,16,17). The number of rotatable bonds is 4. The molecule has 1 aromatic carbocycles. The molecule has 0 saturated heterocycles. The molecule has 0 unspecified atom stereocenters. The van der Waals surface area contributed by atoms with Crippen molar-refractivity contribution in [2.24, 2.45) is 0 Å². The van der Waals surface area contributed by atoms with Crippen LogP contribution in [0.2, 0.25) is 5.02 Å². The minimum atomic E-state index is -1.55. The summed E-state index contributed by atoms with van der Waals surface area (Å²) in [5.41, 5.74) is -2.39. The number of nitrogens with one attached hydrogen (secondary N) is 1. The number of carboxylic acids is 1. The average molecular weight is 287 g/mol. The number of nitrogens with zero attached hydrogens (tertiary/aromatic N) is 1. The van der Waals surface area contributed by atoms with Crippen molar-refractivity contribution >= 4 is 29.2 Å². The fourth-order valence-corrected chi connectivity index (χ4v) is 1.53. The Hall–Kier alpha value is -2.15. The van der Waals surface area contributed by atoms with Crippen LogP contribution in [0.5, 0.6) is 0 Å². The van der Waals surface area contributed by atoms with Crippen molar-refractivity contribution in [3.63, 3.8) is 0 Å². The molecule has 102 valence electrons. The van der Waals surface area contributed by atoms with Gasteiger partial charge in [-0.15, -0.1) is 0 Å². The molecule has 1 aromatic rings. The van der Waals surface area contributed by atoms with E-state index in [1.54, 1.807) is 0 Å². The van der Waals surface area contributed by atoms with Crippen molar-refractivity contribution in [3.8, 4) is 0 Å². The number of hydrogen-bond donors (Lipinski definition) is 2. The number of benzene rings is 1. The van der Waals surface area contributed by atoms with Crippen molar-refractivity contribution in [2.75, 3.05) is 0 Å². The van der Waals surface area contributed by atoms with Crippen LogP contribution in [0.4, 0.5) is 5.69 Å². The van der Waals surface area contributed by atoms with Crippen LogP contribution in [0.25, 0.3) is 0 Å². The maximum atomic E-state index is 11.9. The molecule has 0 radical (unpaired) electrons. The van der Waals surface area contributed by atoms with E-state index in [9.17, 15) is 19.7 Å². The summed E-state index contributed by atoms with van der Waals surface area (Å²) in [6.07, 6.45) is 0. The molecule has 0 atom stereocenters. The second kappa shape index (κ2) is 5.23. The van der Waals surface area contributed by atoms with E-state index in [2.05, 4.69) is 5.32 Å². The van der Waals surface area contributed by atoms with Gasteiger partial charge in [0.25, 0.3) is 5.91 Å². The third-order valence-electron chi connectivity index (χ3n) is 2.37. The quantitative estimate of drug-likeness (QED) is 0.648. The summed E-state index contributed by atoms with van der Waals surface area (Å²) in [5, 5.41) is 21.8. The highest BCUT2D eigenvalue weighted by Gasteiger charge is 2.32. The van der Waals surface area contributed by atoms with Crippen LogP contribution in [-0.4, -0.2) is 27.4 Å². The molecule has 0 aromatic heterocycles. The van der Waals surface area contributed by atoms with Crippen LogP contribution in [0.15, 0.2) is 18.2 Å². The third kappa shape index (κ3) is 3.19. The van der Waals surface area contributed by atoms with Gasteiger partial charge in [-0.3, -0.25) is 14.9 Å². The molecule has 0 bridgehead atoms. The Kier molecular flexibility index (Phi) is 4.10. The predicted octanol–water partition coefficient (Wildman–Crippen LogP) is 1.84. The minimum absolute atomic E-state index is 0.189. The van der Waals surface area contributed by atoms with Crippen molar-refractivity contribution in [2.45, 2.75) is 19.4 Å². The largest absolute Gasteiger partial charge is 0.480 e. The fraction of sp³-hybridized carbons (Fsp3) is 0.273. The first kappa shape index (κ1) is 14.9. The molecule has 0 spiro atoms. The van der Waals surface area contributed by atoms with E-state index >= 15 is 0 Å². The Bertz CT molecular complexity index is 556. The minimum Gasteiger partial charge on any atom is -0.480 e. The molecule has 2 N–H and O–H groups in total. The first-order valence-corrected chi connectivity index (χ1v) is 5.53. The number of nitro benzene ring substituents is 1. The van der Waals surface area contributed by atoms with Gasteiger partial charge in [0, 0.05) is 0 Å². The van der Waals surface area contributed by atoms with Crippen LogP contribution >= 0.6 is 11.6 Å². The molecule has 1 amide bonds. The van der Waals surface area contributed by atoms with E-state index in [-0.39, 0.29) is 10.6 Å². The number of nitro groups is 1. The normalized spacial score (nSPS) is 10.9. The van der Waals surface area contributed by atoms with Gasteiger partial charge in [-0.1, -0.05) is 17.7 Å². The highest BCUT2D eigenvalue weighted by Crippen LogP contribution is 2.28. The smallest absolute Gasteiger partial charge is 0.328 e. The van der Waals surface area contributed by atoms with Gasteiger partial charge >= 0.3 is 11.7 Å². The molecule has 0 aliphatic rings. The first-order valence-electron chi connectivity index (χ1n) is 5.15. The number of amides is 1. The van der Waals surface area contributed by atoms with Gasteiger partial charge in [0.05, 0.1) is 4.92 Å². The maximum Gasteiger partial charge on any atom is 0.328 e. The molecule has 1 rings (SSSR count). The highest BCUT2D eigenvalue weighted by atomic mass is 35.5. The molecule has 8 heteroatoms. The first-order chi connectivity index (χ1) is 8.66. The van der Waals surface area contributed by atoms with Gasteiger partial charge in [-0.25, -0.2) is 4.79 Å². The third-order valence-corrected chi connectivity index (χ3v) is 2.68. The fourth-order valence-electron chi connectivity index (χ4n) is 1.29. The summed E-state index contributed by atoms with van der Waals surface area (Å²) >= 11 is 5.66. The van der Waals surface area contributed by atoms with Gasteiger partial charge in [0.2, 0.25) is 0 Å². The predicted molar refractivity (Wildman–Crippen MR) is 67.3 cm³/mol. The van der Waals surface area contributed by atoms with Gasteiger partial charge in [0.15, 0.2) is 0 Å². The Morgan fingerprint density at radius 2 is 2.00 bits per heavy atom. The monoisotopic (exact) mass is 286 g/mol. The highest BCUT2D eigenvalue weighted by molar-refractivity contribution is 6.33. The zero-order chi connectivity index (χ0) is 14.8. The lowest BCUT2D eigenvalue weighted by molar-refractivity contribution is -0.385. The summed E-state index contributed by atoms with van der Waals surface area (Å²) in [7, 11) is 0. The van der Waals surface area contributed by atoms with Gasteiger partial charge in [-0.2, -0.15) is 0 Å². The lowest BCUT2D eigenvalue weighted by Crippen LogP contribution is -2.49. The lowest BCUT2D eigenvalue weighted by atomic mass is 10.0. The number of carbonyl (C=O) groups excluding carboxylic acids is 1. The van der Waals surface area contributed by atoms with Crippen LogP contribution in [0.3, 0.4) is 0 Å². The zero-order valence-electron chi connectivity index (χ0n) is 10.1. The Labute approximate surface area is 113 Å². The summed E-state index contributed by atoms with van der Waals surface area (Å²) in [4.78, 5) is 32.9. The summed E-state index contributed by atoms with van der Waals surface area (Å²) in [6, 6.07) is 3.86. The summed E-state index contributed by atoms with van der Waals surface area (Å²) < 4.78 is 0. The van der Waals surface area contributed by atoms with Crippen LogP contribution < -0.4 is 5.32 Å². The Morgan fingerprint density at radius 1 is 1.42 bits per heavy atom. The second-order valence-corrected chi connectivity index (χ2v) is 4.68. The number of aliphatic carboxylic acids is 1. The average Bonchev–Trinajstić information content (AvgIpc) is 2.27. The van der Waals surface area contributed by atoms with Crippen molar-refractivity contribution in [3.05, 3.63) is 38.9 Å². The number of carbonyl (C=O) groups is 2. The maximum absolute atomic E-state index is 11.9. The topological polar surface area (TPSA) is 110 Å². The lowest BCUT2D eigenvalue weighted by Gasteiger charge is -2.20. The van der Waals surface area contributed by atoms with Crippen molar-refractivity contribution in [1.29, 1.82) is 0 Å². The number of carboxylic acid groups (broad SMARTS) is 1. The SMILES string of the molecule is CC(C)(NC(=O)c1cccc(Cl)c1[N+](=O)[O-])C(=O)O. The van der Waals surface area contributed by atoms with Crippen molar-refractivity contribution < 1.29 is 19.6 Å². The number of hydrogen-bond acceptors (Lipinski definition) is 4. The molecule has 0 heterocycles. The molecule has 7 nitrogen and oxygen atoms in total. The van der Waals surface area contributed by atoms with Gasteiger partial charge in [0.1, 0.15) is 16.1 Å². The molecular weight excluding hydrogens is 276 g/mol. The van der Waals surface area contributed by atoms with Gasteiger partial charge < -0.3 is 10.4 Å². The second-order valence-electron chi connectivity index (χ2n) is 4.28. The Morgan fingerprint density at radius 3 is 2.47 bits per heavy atom. The van der Waals surface area contributed by atoms with Crippen molar-refractivity contribution in [1.82, 2.24) is 5.32 Å². The number of para-hydroxylation sites is 1. The molecule has 19 heavy (non-hydrogen) atoms. The summed E-state index contributed by atoms with van der Waals surface area (Å²) in [5.74, 6) is -2.13. The van der Waals surface area contributed by atoms with Crippen LogP contribution in [0.1, 0.15) is 24.2 Å². The van der Waals surface area contributed by atoms with Crippen LogP contribution in [-0.2, 0) is 4.79 Å². The molecule has 0 aliphatic carbocycles. The van der Waals surface area contributed by atoms with E-state index < -0.39 is 28.0 Å². The molecular formula is C11H11ClN2O5. The Balaban J connectivity index is 3.18. The van der Waals surface area contributed by atoms with Gasteiger partial charge in [-0.05, 0) is 26.0 Å². The number of halogens is 1. The summed E-state index contributed by atoms with van der Waals surface area (Å²) in [6.45, 7) is 2.53. The molecule has 0 saturated carbocycles. The van der Waals surface area contributed by atoms with E-state index in [0.717, 1.165) is 0 Å². The van der Waals surface area contributed by atoms with E-state index in [1.165, 1.54) is 32.0 Å². The van der Waals surface area contributed by atoms with Crippen LogP contribution in [0, 0.1) is 10.1 Å². The molecule has 0 fully saturated rings. The zero-order valence-corrected chi connectivity index (χ0v) is 10.9. The van der Waals surface area contributed by atoms with E-state index in [0.29, 0.717) is 0 Å². The van der Waals surface area contributed by atoms with E-state index in [1.807, 2.05) is 0 Å². The molecule has 0 aliphatic heterocycles.